The number of hydrogen-bond acceptors (Lipinski definition) is 2. The maximum atomic E-state index is 5.97. The lowest BCUT2D eigenvalue weighted by atomic mass is 9.89. The highest BCUT2D eigenvalue weighted by atomic mass is 16.5. The molecule has 0 bridgehead atoms. The molecule has 1 fully saturated rings. The van der Waals surface area contributed by atoms with E-state index >= 15 is 0 Å². The Morgan fingerprint density at radius 2 is 1.81 bits per heavy atom. The Bertz CT molecular complexity index is 410. The second-order valence-electron chi connectivity index (χ2n) is 6.88. The summed E-state index contributed by atoms with van der Waals surface area (Å²) < 4.78 is 5.97. The van der Waals surface area contributed by atoms with Gasteiger partial charge in [-0.15, -0.1) is 0 Å². The van der Waals surface area contributed by atoms with Gasteiger partial charge in [0.2, 0.25) is 0 Å². The molecule has 1 N–H and O–H groups in total. The summed E-state index contributed by atoms with van der Waals surface area (Å²) >= 11 is 0. The highest BCUT2D eigenvalue weighted by Crippen LogP contribution is 2.27. The normalized spacial score (nSPS) is 17.9. The van der Waals surface area contributed by atoms with Crippen LogP contribution in [-0.2, 0) is 0 Å². The number of rotatable bonds is 7. The van der Waals surface area contributed by atoms with Crippen molar-refractivity contribution in [1.29, 1.82) is 0 Å². The summed E-state index contributed by atoms with van der Waals surface area (Å²) in [5.74, 6) is 2.46. The SMILES string of the molecule is CC(C)COc1ccccc1C(C)NCC1CCCCC1. The average molecular weight is 289 g/mol. The fraction of sp³-hybridized carbons (Fsp3) is 0.684. The summed E-state index contributed by atoms with van der Waals surface area (Å²) in [4.78, 5) is 0. The molecule has 1 aliphatic rings. The van der Waals surface area contributed by atoms with Gasteiger partial charge in [-0.3, -0.25) is 0 Å². The molecule has 1 unspecified atom stereocenters. The van der Waals surface area contributed by atoms with Gasteiger partial charge in [-0.2, -0.15) is 0 Å². The van der Waals surface area contributed by atoms with Gasteiger partial charge in [-0.05, 0) is 44.2 Å². The maximum absolute atomic E-state index is 5.97. The van der Waals surface area contributed by atoms with Crippen molar-refractivity contribution in [2.24, 2.45) is 11.8 Å². The van der Waals surface area contributed by atoms with Crippen LogP contribution in [-0.4, -0.2) is 13.2 Å². The summed E-state index contributed by atoms with van der Waals surface area (Å²) in [5.41, 5.74) is 1.29. The lowest BCUT2D eigenvalue weighted by Crippen LogP contribution is -2.27. The second kappa shape index (κ2) is 8.43. The topological polar surface area (TPSA) is 21.3 Å². The molecule has 21 heavy (non-hydrogen) atoms. The van der Waals surface area contributed by atoms with Crippen LogP contribution in [0.3, 0.4) is 0 Å². The summed E-state index contributed by atoms with van der Waals surface area (Å²) in [5, 5.41) is 3.72. The Labute approximate surface area is 130 Å². The second-order valence-corrected chi connectivity index (χ2v) is 6.88. The predicted molar refractivity (Wildman–Crippen MR) is 89.8 cm³/mol. The van der Waals surface area contributed by atoms with E-state index in [9.17, 15) is 0 Å². The van der Waals surface area contributed by atoms with Gasteiger partial charge in [0.25, 0.3) is 0 Å². The van der Waals surface area contributed by atoms with Crippen molar-refractivity contribution in [3.63, 3.8) is 0 Å². The number of para-hydroxylation sites is 1. The molecule has 1 saturated carbocycles. The van der Waals surface area contributed by atoms with Crippen LogP contribution < -0.4 is 10.1 Å². The van der Waals surface area contributed by atoms with Crippen molar-refractivity contribution in [2.45, 2.75) is 58.9 Å². The highest BCUT2D eigenvalue weighted by molar-refractivity contribution is 5.35. The minimum absolute atomic E-state index is 0.357. The van der Waals surface area contributed by atoms with E-state index in [0.717, 1.165) is 24.8 Å². The molecule has 0 amide bonds. The van der Waals surface area contributed by atoms with Gasteiger partial charge in [0, 0.05) is 11.6 Å². The molecule has 2 nitrogen and oxygen atoms in total. The smallest absolute Gasteiger partial charge is 0.124 e. The minimum atomic E-state index is 0.357. The van der Waals surface area contributed by atoms with Gasteiger partial charge >= 0.3 is 0 Å². The molecular weight excluding hydrogens is 258 g/mol. The molecule has 0 saturated heterocycles. The van der Waals surface area contributed by atoms with Gasteiger partial charge in [0.05, 0.1) is 6.61 Å². The van der Waals surface area contributed by atoms with Crippen molar-refractivity contribution in [1.82, 2.24) is 5.32 Å². The predicted octanol–water partition coefficient (Wildman–Crippen LogP) is 4.95. The van der Waals surface area contributed by atoms with Crippen LogP contribution in [0.4, 0.5) is 0 Å². The zero-order valence-corrected chi connectivity index (χ0v) is 13.9. The van der Waals surface area contributed by atoms with Crippen molar-refractivity contribution in [3.8, 4) is 5.75 Å². The molecule has 2 rings (SSSR count). The third-order valence-electron chi connectivity index (χ3n) is 4.40. The lowest BCUT2D eigenvalue weighted by Gasteiger charge is -2.25. The maximum Gasteiger partial charge on any atom is 0.124 e. The van der Waals surface area contributed by atoms with Gasteiger partial charge < -0.3 is 10.1 Å². The van der Waals surface area contributed by atoms with E-state index in [4.69, 9.17) is 4.74 Å². The number of nitrogens with one attached hydrogen (secondary N) is 1. The molecular formula is C19H31NO. The first-order chi connectivity index (χ1) is 10.2. The van der Waals surface area contributed by atoms with Crippen molar-refractivity contribution < 1.29 is 4.74 Å². The first-order valence-corrected chi connectivity index (χ1v) is 8.62. The highest BCUT2D eigenvalue weighted by Gasteiger charge is 2.16. The molecule has 0 aliphatic heterocycles. The summed E-state index contributed by atoms with van der Waals surface area (Å²) in [7, 11) is 0. The Morgan fingerprint density at radius 1 is 1.10 bits per heavy atom. The molecule has 0 spiro atoms. The third-order valence-corrected chi connectivity index (χ3v) is 4.40. The Balaban J connectivity index is 1.89. The Morgan fingerprint density at radius 3 is 2.52 bits per heavy atom. The molecule has 1 atom stereocenters. The summed E-state index contributed by atoms with van der Waals surface area (Å²) in [6.07, 6.45) is 7.04. The lowest BCUT2D eigenvalue weighted by molar-refractivity contribution is 0.265. The fourth-order valence-electron chi connectivity index (χ4n) is 3.07. The molecule has 1 aromatic rings. The molecule has 2 heteroatoms. The van der Waals surface area contributed by atoms with E-state index in [1.807, 2.05) is 0 Å². The Hall–Kier alpha value is -1.02. The largest absolute Gasteiger partial charge is 0.493 e. The average Bonchev–Trinajstić information content (AvgIpc) is 2.52. The van der Waals surface area contributed by atoms with Crippen LogP contribution in [0, 0.1) is 11.8 Å². The van der Waals surface area contributed by atoms with E-state index in [0.29, 0.717) is 12.0 Å². The molecule has 0 aromatic heterocycles. The van der Waals surface area contributed by atoms with Crippen LogP contribution in [0.1, 0.15) is 64.5 Å². The van der Waals surface area contributed by atoms with Crippen LogP contribution >= 0.6 is 0 Å². The number of benzene rings is 1. The van der Waals surface area contributed by atoms with Crippen molar-refractivity contribution in [2.75, 3.05) is 13.2 Å². The van der Waals surface area contributed by atoms with Gasteiger partial charge in [0.15, 0.2) is 0 Å². The van der Waals surface area contributed by atoms with Gasteiger partial charge in [0.1, 0.15) is 5.75 Å². The molecule has 0 heterocycles. The van der Waals surface area contributed by atoms with Gasteiger partial charge in [-0.1, -0.05) is 51.3 Å². The van der Waals surface area contributed by atoms with E-state index < -0.39 is 0 Å². The fourth-order valence-corrected chi connectivity index (χ4v) is 3.07. The first kappa shape index (κ1) is 16.4. The van der Waals surface area contributed by atoms with Crippen LogP contribution in [0.2, 0.25) is 0 Å². The monoisotopic (exact) mass is 289 g/mol. The third kappa shape index (κ3) is 5.35. The van der Waals surface area contributed by atoms with E-state index in [2.05, 4.69) is 50.4 Å². The molecule has 1 aromatic carbocycles. The minimum Gasteiger partial charge on any atom is -0.493 e. The van der Waals surface area contributed by atoms with E-state index in [-0.39, 0.29) is 0 Å². The summed E-state index contributed by atoms with van der Waals surface area (Å²) in [6.45, 7) is 8.55. The van der Waals surface area contributed by atoms with Crippen molar-refractivity contribution in [3.05, 3.63) is 29.8 Å². The molecule has 118 valence electrons. The number of ether oxygens (including phenoxy) is 1. The van der Waals surface area contributed by atoms with Crippen molar-refractivity contribution >= 4 is 0 Å². The van der Waals surface area contributed by atoms with E-state index in [1.54, 1.807) is 0 Å². The Kier molecular flexibility index (Phi) is 6.56. The van der Waals surface area contributed by atoms with E-state index in [1.165, 1.54) is 37.7 Å². The standard InChI is InChI=1S/C19H31NO/c1-15(2)14-21-19-12-8-7-11-18(19)16(3)20-13-17-9-5-4-6-10-17/h7-8,11-12,15-17,20H,4-6,9-10,13-14H2,1-3H3. The zero-order chi connectivity index (χ0) is 15.1. The number of hydrogen-bond donors (Lipinski definition) is 1. The van der Waals surface area contributed by atoms with Crippen LogP contribution in [0.5, 0.6) is 5.75 Å². The summed E-state index contributed by atoms with van der Waals surface area (Å²) in [6, 6.07) is 8.81. The van der Waals surface area contributed by atoms with Crippen LogP contribution in [0.25, 0.3) is 0 Å². The zero-order valence-electron chi connectivity index (χ0n) is 13.9. The molecule has 0 radical (unpaired) electrons. The first-order valence-electron chi connectivity index (χ1n) is 8.62. The quantitative estimate of drug-likeness (QED) is 0.766. The molecule has 1 aliphatic carbocycles. The van der Waals surface area contributed by atoms with Gasteiger partial charge in [-0.25, -0.2) is 0 Å². The van der Waals surface area contributed by atoms with Crippen LogP contribution in [0.15, 0.2) is 24.3 Å².